The van der Waals surface area contributed by atoms with Crippen LogP contribution in [0.3, 0.4) is 0 Å². The van der Waals surface area contributed by atoms with Crippen LogP contribution in [0.4, 0.5) is 0 Å². The van der Waals surface area contributed by atoms with Crippen LogP contribution in [0.15, 0.2) is 0 Å². The molecular formula is C17H34N2O. The Labute approximate surface area is 125 Å². The first-order valence-electron chi connectivity index (χ1n) is 8.52. The largest absolute Gasteiger partial charge is 0.377 e. The summed E-state index contributed by atoms with van der Waals surface area (Å²) in [7, 11) is 2.31. The zero-order valence-electron chi connectivity index (χ0n) is 14.0. The van der Waals surface area contributed by atoms with Crippen molar-refractivity contribution in [3.8, 4) is 0 Å². The fourth-order valence-corrected chi connectivity index (χ4v) is 3.55. The van der Waals surface area contributed by atoms with Crippen LogP contribution in [-0.2, 0) is 4.74 Å². The van der Waals surface area contributed by atoms with Gasteiger partial charge in [-0.3, -0.25) is 4.90 Å². The molecule has 2 atom stereocenters. The smallest absolute Gasteiger partial charge is 0.0700 e. The van der Waals surface area contributed by atoms with Gasteiger partial charge in [-0.05, 0) is 57.9 Å². The minimum Gasteiger partial charge on any atom is -0.377 e. The standard InChI is InChI=1S/C17H34N2O/c1-14(12-18-13-16-6-5-11-20-16)19(4)15-7-9-17(2,3)10-8-15/h14-16,18H,5-13H2,1-4H3. The molecule has 1 N–H and O–H groups in total. The third-order valence-corrected chi connectivity index (χ3v) is 5.42. The van der Waals surface area contributed by atoms with E-state index in [9.17, 15) is 0 Å². The maximum atomic E-state index is 5.66. The number of likely N-dealkylation sites (N-methyl/N-ethyl adjacent to an activating group) is 1. The highest BCUT2D eigenvalue weighted by Gasteiger charge is 2.30. The lowest BCUT2D eigenvalue weighted by Crippen LogP contribution is -2.46. The minimum absolute atomic E-state index is 0.461. The zero-order valence-corrected chi connectivity index (χ0v) is 14.0. The molecule has 0 spiro atoms. The molecule has 0 aromatic heterocycles. The SMILES string of the molecule is CC(CNCC1CCCO1)N(C)C1CCC(C)(C)CC1. The molecule has 0 aromatic rings. The molecule has 0 radical (unpaired) electrons. The molecule has 2 aliphatic rings. The van der Waals surface area contributed by atoms with Gasteiger partial charge in [0.25, 0.3) is 0 Å². The van der Waals surface area contributed by atoms with Crippen LogP contribution in [0.2, 0.25) is 0 Å². The van der Waals surface area contributed by atoms with Gasteiger partial charge < -0.3 is 10.1 Å². The fraction of sp³-hybridized carbons (Fsp3) is 1.00. The molecule has 2 fully saturated rings. The predicted molar refractivity (Wildman–Crippen MR) is 85.1 cm³/mol. The number of ether oxygens (including phenoxy) is 1. The Hall–Kier alpha value is -0.120. The van der Waals surface area contributed by atoms with E-state index < -0.39 is 0 Å². The normalized spacial score (nSPS) is 28.9. The number of hydrogen-bond acceptors (Lipinski definition) is 3. The van der Waals surface area contributed by atoms with E-state index in [4.69, 9.17) is 4.74 Å². The Morgan fingerprint density at radius 3 is 2.55 bits per heavy atom. The van der Waals surface area contributed by atoms with Crippen molar-refractivity contribution in [3.05, 3.63) is 0 Å². The summed E-state index contributed by atoms with van der Waals surface area (Å²) in [5.74, 6) is 0. The monoisotopic (exact) mass is 282 g/mol. The molecule has 0 aromatic carbocycles. The van der Waals surface area contributed by atoms with Crippen molar-refractivity contribution in [3.63, 3.8) is 0 Å². The second kappa shape index (κ2) is 7.24. The fourth-order valence-electron chi connectivity index (χ4n) is 3.55. The van der Waals surface area contributed by atoms with Gasteiger partial charge in [-0.2, -0.15) is 0 Å². The van der Waals surface area contributed by atoms with Crippen molar-refractivity contribution in [1.29, 1.82) is 0 Å². The average molecular weight is 282 g/mol. The minimum atomic E-state index is 0.461. The van der Waals surface area contributed by atoms with Crippen LogP contribution in [0.25, 0.3) is 0 Å². The first-order chi connectivity index (χ1) is 9.48. The molecular weight excluding hydrogens is 248 g/mol. The van der Waals surface area contributed by atoms with Crippen molar-refractivity contribution in [1.82, 2.24) is 10.2 Å². The second-order valence-corrected chi connectivity index (χ2v) is 7.70. The highest BCUT2D eigenvalue weighted by Crippen LogP contribution is 2.36. The van der Waals surface area contributed by atoms with Gasteiger partial charge in [-0.1, -0.05) is 13.8 Å². The van der Waals surface area contributed by atoms with Crippen molar-refractivity contribution in [2.75, 3.05) is 26.7 Å². The van der Waals surface area contributed by atoms with Crippen LogP contribution in [-0.4, -0.2) is 49.8 Å². The number of hydrogen-bond donors (Lipinski definition) is 1. The molecule has 2 unspecified atom stereocenters. The summed E-state index contributed by atoms with van der Waals surface area (Å²) in [5, 5.41) is 3.60. The summed E-state index contributed by atoms with van der Waals surface area (Å²) in [6.45, 7) is 10.2. The van der Waals surface area contributed by atoms with Gasteiger partial charge in [0.2, 0.25) is 0 Å². The Kier molecular flexibility index (Phi) is 5.88. The van der Waals surface area contributed by atoms with Crippen LogP contribution in [0, 0.1) is 5.41 Å². The Bertz CT molecular complexity index is 277. The summed E-state index contributed by atoms with van der Waals surface area (Å²) >= 11 is 0. The van der Waals surface area contributed by atoms with Crippen LogP contribution < -0.4 is 5.32 Å². The maximum absolute atomic E-state index is 5.66. The van der Waals surface area contributed by atoms with Gasteiger partial charge in [0, 0.05) is 31.8 Å². The van der Waals surface area contributed by atoms with Crippen molar-refractivity contribution < 1.29 is 4.74 Å². The molecule has 0 amide bonds. The van der Waals surface area contributed by atoms with Crippen LogP contribution >= 0.6 is 0 Å². The lowest BCUT2D eigenvalue weighted by molar-refractivity contribution is 0.0906. The molecule has 0 bridgehead atoms. The average Bonchev–Trinajstić information content (AvgIpc) is 2.91. The first kappa shape index (κ1) is 16.3. The van der Waals surface area contributed by atoms with E-state index in [1.54, 1.807) is 0 Å². The molecule has 1 heterocycles. The lowest BCUT2D eigenvalue weighted by Gasteiger charge is -2.41. The van der Waals surface area contributed by atoms with Gasteiger partial charge in [0.15, 0.2) is 0 Å². The second-order valence-electron chi connectivity index (χ2n) is 7.70. The number of rotatable bonds is 6. The Balaban J connectivity index is 1.65. The predicted octanol–water partition coefficient (Wildman–Crippen LogP) is 3.04. The van der Waals surface area contributed by atoms with Gasteiger partial charge in [-0.15, -0.1) is 0 Å². The highest BCUT2D eigenvalue weighted by atomic mass is 16.5. The first-order valence-corrected chi connectivity index (χ1v) is 8.52. The summed E-state index contributed by atoms with van der Waals surface area (Å²) in [4.78, 5) is 2.59. The molecule has 3 heteroatoms. The molecule has 1 saturated heterocycles. The third-order valence-electron chi connectivity index (χ3n) is 5.42. The van der Waals surface area contributed by atoms with E-state index in [1.807, 2.05) is 0 Å². The van der Waals surface area contributed by atoms with Gasteiger partial charge in [0.1, 0.15) is 0 Å². The lowest BCUT2D eigenvalue weighted by atomic mass is 9.75. The van der Waals surface area contributed by atoms with Crippen molar-refractivity contribution in [2.45, 2.75) is 77.5 Å². The van der Waals surface area contributed by atoms with E-state index in [0.717, 1.165) is 25.7 Å². The van der Waals surface area contributed by atoms with Gasteiger partial charge >= 0.3 is 0 Å². The number of nitrogens with zero attached hydrogens (tertiary/aromatic N) is 1. The van der Waals surface area contributed by atoms with E-state index in [1.165, 1.54) is 38.5 Å². The number of nitrogens with one attached hydrogen (secondary N) is 1. The maximum Gasteiger partial charge on any atom is 0.0700 e. The topological polar surface area (TPSA) is 24.5 Å². The quantitative estimate of drug-likeness (QED) is 0.810. The summed E-state index contributed by atoms with van der Waals surface area (Å²) in [5.41, 5.74) is 0.568. The molecule has 1 aliphatic carbocycles. The summed E-state index contributed by atoms with van der Waals surface area (Å²) in [6, 6.07) is 1.39. The van der Waals surface area contributed by atoms with Crippen LogP contribution in [0.5, 0.6) is 0 Å². The van der Waals surface area contributed by atoms with E-state index in [-0.39, 0.29) is 0 Å². The Morgan fingerprint density at radius 1 is 1.25 bits per heavy atom. The van der Waals surface area contributed by atoms with Crippen LogP contribution in [0.1, 0.15) is 59.3 Å². The van der Waals surface area contributed by atoms with E-state index >= 15 is 0 Å². The zero-order chi connectivity index (χ0) is 14.6. The molecule has 3 nitrogen and oxygen atoms in total. The highest BCUT2D eigenvalue weighted by molar-refractivity contribution is 4.85. The summed E-state index contributed by atoms with van der Waals surface area (Å²) < 4.78 is 5.66. The van der Waals surface area contributed by atoms with Gasteiger partial charge in [0.05, 0.1) is 6.10 Å². The van der Waals surface area contributed by atoms with Crippen molar-refractivity contribution >= 4 is 0 Å². The van der Waals surface area contributed by atoms with E-state index in [2.05, 4.69) is 38.0 Å². The molecule has 1 aliphatic heterocycles. The molecule has 2 rings (SSSR count). The molecule has 1 saturated carbocycles. The van der Waals surface area contributed by atoms with E-state index in [0.29, 0.717) is 17.6 Å². The van der Waals surface area contributed by atoms with Gasteiger partial charge in [-0.25, -0.2) is 0 Å². The molecule has 20 heavy (non-hydrogen) atoms. The third kappa shape index (κ3) is 4.71. The molecule has 118 valence electrons. The summed E-state index contributed by atoms with van der Waals surface area (Å²) in [6.07, 6.45) is 8.40. The Morgan fingerprint density at radius 2 is 1.95 bits per heavy atom. The van der Waals surface area contributed by atoms with Crippen molar-refractivity contribution in [2.24, 2.45) is 5.41 Å².